The van der Waals surface area contributed by atoms with Crippen molar-refractivity contribution < 1.29 is 4.79 Å². The van der Waals surface area contributed by atoms with Crippen molar-refractivity contribution in [1.29, 1.82) is 0 Å². The first kappa shape index (κ1) is 12.9. The van der Waals surface area contributed by atoms with Crippen LogP contribution in [0.2, 0.25) is 10.0 Å². The summed E-state index contributed by atoms with van der Waals surface area (Å²) in [5.74, 6) is -0.151. The summed E-state index contributed by atoms with van der Waals surface area (Å²) in [6.45, 7) is 1.86. The second-order valence-corrected chi connectivity index (χ2v) is 4.87. The fourth-order valence-corrected chi connectivity index (χ4v) is 2.20. The van der Waals surface area contributed by atoms with Gasteiger partial charge in [0.1, 0.15) is 0 Å². The third kappa shape index (κ3) is 2.50. The average molecular weight is 280 g/mol. The van der Waals surface area contributed by atoms with Crippen molar-refractivity contribution >= 4 is 34.7 Å². The van der Waals surface area contributed by atoms with E-state index in [-0.39, 0.29) is 5.78 Å². The quantitative estimate of drug-likeness (QED) is 0.664. The lowest BCUT2D eigenvalue weighted by Gasteiger charge is -2.08. The fourth-order valence-electron chi connectivity index (χ4n) is 1.70. The minimum Gasteiger partial charge on any atom is -0.399 e. The molecule has 2 aromatic carbocycles. The molecular formula is C14H11Cl2NO. The maximum Gasteiger partial charge on any atom is 0.194 e. The van der Waals surface area contributed by atoms with Gasteiger partial charge in [0.15, 0.2) is 5.78 Å². The standard InChI is InChI=1S/C14H11Cl2NO/c1-8-2-4-10(17)7-12(8)14(18)11-5-3-9(15)6-13(11)16/h2-7H,17H2,1H3. The highest BCUT2D eigenvalue weighted by molar-refractivity contribution is 6.37. The van der Waals surface area contributed by atoms with Crippen LogP contribution in [-0.2, 0) is 0 Å². The van der Waals surface area contributed by atoms with E-state index in [0.29, 0.717) is 26.9 Å². The molecule has 0 saturated carbocycles. The Kier molecular flexibility index (Phi) is 3.60. The van der Waals surface area contributed by atoms with E-state index >= 15 is 0 Å². The highest BCUT2D eigenvalue weighted by Crippen LogP contribution is 2.25. The van der Waals surface area contributed by atoms with Crippen LogP contribution in [-0.4, -0.2) is 5.78 Å². The molecule has 0 fully saturated rings. The van der Waals surface area contributed by atoms with Gasteiger partial charge in [-0.2, -0.15) is 0 Å². The maximum atomic E-state index is 12.4. The Hall–Kier alpha value is -1.51. The summed E-state index contributed by atoms with van der Waals surface area (Å²) in [5.41, 5.74) is 8.09. The SMILES string of the molecule is Cc1ccc(N)cc1C(=O)c1ccc(Cl)cc1Cl. The van der Waals surface area contributed by atoms with E-state index in [1.165, 1.54) is 0 Å². The zero-order chi connectivity index (χ0) is 13.3. The van der Waals surface area contributed by atoms with Crippen LogP contribution in [0, 0.1) is 6.92 Å². The van der Waals surface area contributed by atoms with Gasteiger partial charge in [-0.1, -0.05) is 29.3 Å². The van der Waals surface area contributed by atoms with Gasteiger partial charge in [-0.25, -0.2) is 0 Å². The van der Waals surface area contributed by atoms with Crippen LogP contribution in [0.25, 0.3) is 0 Å². The molecular weight excluding hydrogens is 269 g/mol. The predicted octanol–water partition coefficient (Wildman–Crippen LogP) is 4.12. The second kappa shape index (κ2) is 5.01. The highest BCUT2D eigenvalue weighted by atomic mass is 35.5. The zero-order valence-corrected chi connectivity index (χ0v) is 11.2. The van der Waals surface area contributed by atoms with Crippen molar-refractivity contribution in [3.05, 3.63) is 63.1 Å². The predicted molar refractivity (Wildman–Crippen MR) is 75.5 cm³/mol. The highest BCUT2D eigenvalue weighted by Gasteiger charge is 2.15. The molecule has 0 heterocycles. The first-order chi connectivity index (χ1) is 8.49. The van der Waals surface area contributed by atoms with Crippen molar-refractivity contribution in [3.8, 4) is 0 Å². The van der Waals surface area contributed by atoms with Crippen LogP contribution in [0.1, 0.15) is 21.5 Å². The van der Waals surface area contributed by atoms with Gasteiger partial charge in [0.25, 0.3) is 0 Å². The Morgan fingerprint density at radius 2 is 1.78 bits per heavy atom. The number of hydrogen-bond acceptors (Lipinski definition) is 2. The van der Waals surface area contributed by atoms with Gasteiger partial charge in [-0.3, -0.25) is 4.79 Å². The Bertz CT molecular complexity index is 623. The van der Waals surface area contributed by atoms with Gasteiger partial charge in [-0.15, -0.1) is 0 Å². The summed E-state index contributed by atoms with van der Waals surface area (Å²) in [6.07, 6.45) is 0. The molecule has 2 aromatic rings. The molecule has 0 spiro atoms. The number of ketones is 1. The lowest BCUT2D eigenvalue weighted by Crippen LogP contribution is -2.05. The minimum atomic E-state index is -0.151. The molecule has 2 nitrogen and oxygen atoms in total. The summed E-state index contributed by atoms with van der Waals surface area (Å²) in [5, 5.41) is 0.843. The van der Waals surface area contributed by atoms with Gasteiger partial charge in [0, 0.05) is 21.8 Å². The minimum absolute atomic E-state index is 0.151. The molecule has 0 aliphatic carbocycles. The fraction of sp³-hybridized carbons (Fsp3) is 0.0714. The largest absolute Gasteiger partial charge is 0.399 e. The summed E-state index contributed by atoms with van der Waals surface area (Å²) >= 11 is 11.8. The number of carbonyl (C=O) groups excluding carboxylic acids is 1. The van der Waals surface area contributed by atoms with Crippen molar-refractivity contribution in [3.63, 3.8) is 0 Å². The monoisotopic (exact) mass is 279 g/mol. The summed E-state index contributed by atoms with van der Waals surface area (Å²) < 4.78 is 0. The summed E-state index contributed by atoms with van der Waals surface area (Å²) in [4.78, 5) is 12.4. The van der Waals surface area contributed by atoms with Crippen molar-refractivity contribution in [2.75, 3.05) is 5.73 Å². The molecule has 0 atom stereocenters. The Labute approximate surface area is 115 Å². The van der Waals surface area contributed by atoms with E-state index in [0.717, 1.165) is 5.56 Å². The van der Waals surface area contributed by atoms with E-state index in [1.54, 1.807) is 30.3 Å². The number of nitrogens with two attached hydrogens (primary N) is 1. The number of halogens is 2. The van der Waals surface area contributed by atoms with E-state index in [9.17, 15) is 4.79 Å². The first-order valence-corrected chi connectivity index (χ1v) is 6.10. The van der Waals surface area contributed by atoms with Gasteiger partial charge >= 0.3 is 0 Å². The van der Waals surface area contributed by atoms with Crippen LogP contribution in [0.5, 0.6) is 0 Å². The molecule has 2 rings (SSSR count). The van der Waals surface area contributed by atoms with Crippen LogP contribution < -0.4 is 5.73 Å². The molecule has 92 valence electrons. The molecule has 0 amide bonds. The average Bonchev–Trinajstić information content (AvgIpc) is 2.31. The topological polar surface area (TPSA) is 43.1 Å². The molecule has 0 aliphatic rings. The van der Waals surface area contributed by atoms with Gasteiger partial charge in [-0.05, 0) is 42.8 Å². The molecule has 0 saturated heterocycles. The van der Waals surface area contributed by atoms with Gasteiger partial charge in [0.2, 0.25) is 0 Å². The number of nitrogen functional groups attached to an aromatic ring is 1. The number of carbonyl (C=O) groups is 1. The molecule has 0 unspecified atom stereocenters. The Morgan fingerprint density at radius 3 is 2.44 bits per heavy atom. The van der Waals surface area contributed by atoms with Crippen LogP contribution >= 0.6 is 23.2 Å². The molecule has 0 aromatic heterocycles. The number of rotatable bonds is 2. The van der Waals surface area contributed by atoms with Crippen LogP contribution in [0.4, 0.5) is 5.69 Å². The third-order valence-corrected chi connectivity index (χ3v) is 3.23. The first-order valence-electron chi connectivity index (χ1n) is 5.35. The number of aryl methyl sites for hydroxylation is 1. The van der Waals surface area contributed by atoms with E-state index in [2.05, 4.69) is 0 Å². The smallest absolute Gasteiger partial charge is 0.194 e. The van der Waals surface area contributed by atoms with Gasteiger partial charge < -0.3 is 5.73 Å². The molecule has 18 heavy (non-hydrogen) atoms. The maximum absolute atomic E-state index is 12.4. The zero-order valence-electron chi connectivity index (χ0n) is 9.71. The van der Waals surface area contributed by atoms with E-state index in [4.69, 9.17) is 28.9 Å². The molecule has 0 aliphatic heterocycles. The Morgan fingerprint density at radius 1 is 1.06 bits per heavy atom. The molecule has 2 N–H and O–H groups in total. The third-order valence-electron chi connectivity index (χ3n) is 2.68. The molecule has 4 heteroatoms. The van der Waals surface area contributed by atoms with Crippen molar-refractivity contribution in [2.24, 2.45) is 0 Å². The summed E-state index contributed by atoms with van der Waals surface area (Å²) in [7, 11) is 0. The molecule has 0 bridgehead atoms. The van der Waals surface area contributed by atoms with Crippen molar-refractivity contribution in [1.82, 2.24) is 0 Å². The Balaban J connectivity index is 2.51. The second-order valence-electron chi connectivity index (χ2n) is 4.03. The van der Waals surface area contributed by atoms with Crippen LogP contribution in [0.3, 0.4) is 0 Å². The number of anilines is 1. The normalized spacial score (nSPS) is 10.4. The molecule has 0 radical (unpaired) electrons. The number of benzene rings is 2. The lowest BCUT2D eigenvalue weighted by molar-refractivity contribution is 0.103. The summed E-state index contributed by atoms with van der Waals surface area (Å²) in [6, 6.07) is 10.0. The lowest BCUT2D eigenvalue weighted by atomic mass is 9.98. The van der Waals surface area contributed by atoms with E-state index in [1.807, 2.05) is 13.0 Å². The van der Waals surface area contributed by atoms with E-state index < -0.39 is 0 Å². The van der Waals surface area contributed by atoms with Crippen LogP contribution in [0.15, 0.2) is 36.4 Å². The number of hydrogen-bond donors (Lipinski definition) is 1. The van der Waals surface area contributed by atoms with Crippen molar-refractivity contribution in [2.45, 2.75) is 6.92 Å². The van der Waals surface area contributed by atoms with Gasteiger partial charge in [0.05, 0.1) is 5.02 Å².